The topological polar surface area (TPSA) is 65.3 Å². The fraction of sp³-hybridized carbons (Fsp3) is 0.455. The molecule has 0 amide bonds. The minimum absolute atomic E-state index is 0.00112. The second-order valence-electron chi connectivity index (χ2n) is 4.46. The minimum Gasteiger partial charge on any atom is -0.315 e. The molecule has 0 saturated carbocycles. The molecule has 2 heterocycles. The Morgan fingerprint density at radius 3 is 2.69 bits per heavy atom. The minimum atomic E-state index is 0.00112. The maximum absolute atomic E-state index is 6.01. The smallest absolute Gasteiger partial charge is 0.114 e. The van der Waals surface area contributed by atoms with Crippen molar-refractivity contribution in [2.75, 3.05) is 5.01 Å². The van der Waals surface area contributed by atoms with Gasteiger partial charge in [-0.05, 0) is 19.1 Å². The van der Waals surface area contributed by atoms with Crippen LogP contribution in [0.3, 0.4) is 0 Å². The summed E-state index contributed by atoms with van der Waals surface area (Å²) in [5, 5.41) is 2.15. The lowest BCUT2D eigenvalue weighted by molar-refractivity contribution is 0.405. The molecule has 2 aliphatic rings. The van der Waals surface area contributed by atoms with Crippen LogP contribution in [0.25, 0.3) is 0 Å². The number of nitrogens with one attached hydrogen (secondary N) is 3. The third-order valence-corrected chi connectivity index (χ3v) is 3.41. The van der Waals surface area contributed by atoms with E-state index in [4.69, 9.17) is 5.73 Å². The summed E-state index contributed by atoms with van der Waals surface area (Å²) >= 11 is 0. The fourth-order valence-corrected chi connectivity index (χ4v) is 2.60. The van der Waals surface area contributed by atoms with Crippen molar-refractivity contribution in [3.8, 4) is 0 Å². The zero-order valence-electron chi connectivity index (χ0n) is 9.22. The van der Waals surface area contributed by atoms with E-state index in [1.807, 2.05) is 18.2 Å². The van der Waals surface area contributed by atoms with Crippen LogP contribution in [-0.4, -0.2) is 18.4 Å². The van der Waals surface area contributed by atoms with Crippen molar-refractivity contribution in [2.24, 2.45) is 11.7 Å². The molecule has 1 aromatic carbocycles. The van der Waals surface area contributed by atoms with Gasteiger partial charge in [0, 0.05) is 12.0 Å². The van der Waals surface area contributed by atoms with Crippen molar-refractivity contribution in [1.82, 2.24) is 16.3 Å². The molecule has 0 aliphatic carbocycles. The Bertz CT molecular complexity index is 368. The maximum atomic E-state index is 6.01. The van der Waals surface area contributed by atoms with Gasteiger partial charge in [0.25, 0.3) is 0 Å². The summed E-state index contributed by atoms with van der Waals surface area (Å²) in [5.41, 5.74) is 17.0. The predicted molar refractivity (Wildman–Crippen MR) is 63.0 cm³/mol. The van der Waals surface area contributed by atoms with Gasteiger partial charge in [-0.15, -0.1) is 0 Å². The second-order valence-corrected chi connectivity index (χ2v) is 4.46. The van der Waals surface area contributed by atoms with Gasteiger partial charge in [0.2, 0.25) is 0 Å². The number of nitrogens with two attached hydrogens (primary N) is 1. The summed E-state index contributed by atoms with van der Waals surface area (Å²) in [7, 11) is 0. The molecule has 5 heteroatoms. The molecule has 2 fully saturated rings. The van der Waals surface area contributed by atoms with E-state index < -0.39 is 0 Å². The third kappa shape index (κ3) is 1.41. The standard InChI is InChI=1S/C11H17N5/c1-7-9-10(12)13-14-11(9)16(15-7)8-5-3-2-4-6-8/h2-7,9-11,13-15H,12H2,1H3. The SMILES string of the molecule is CC1NN(c2ccccc2)C2NNC(N)C12. The van der Waals surface area contributed by atoms with E-state index >= 15 is 0 Å². The molecule has 4 unspecified atom stereocenters. The van der Waals surface area contributed by atoms with E-state index in [0.29, 0.717) is 12.0 Å². The molecule has 4 atom stereocenters. The number of para-hydroxylation sites is 1. The number of nitrogens with zero attached hydrogens (tertiary/aromatic N) is 1. The van der Waals surface area contributed by atoms with Crippen molar-refractivity contribution < 1.29 is 0 Å². The van der Waals surface area contributed by atoms with Gasteiger partial charge in [0.1, 0.15) is 6.17 Å². The Kier molecular flexibility index (Phi) is 2.33. The quantitative estimate of drug-likeness (QED) is 0.524. The van der Waals surface area contributed by atoms with Gasteiger partial charge < -0.3 is 5.73 Å². The molecule has 3 rings (SSSR count). The molecule has 0 bridgehead atoms. The van der Waals surface area contributed by atoms with E-state index in [1.54, 1.807) is 0 Å². The number of anilines is 1. The van der Waals surface area contributed by atoms with Crippen LogP contribution in [0.15, 0.2) is 30.3 Å². The number of benzene rings is 1. The highest BCUT2D eigenvalue weighted by molar-refractivity contribution is 5.47. The monoisotopic (exact) mass is 219 g/mol. The predicted octanol–water partition coefficient (Wildman–Crippen LogP) is -0.265. The molecule has 86 valence electrons. The van der Waals surface area contributed by atoms with Gasteiger partial charge in [-0.3, -0.25) is 5.01 Å². The molecule has 0 radical (unpaired) electrons. The van der Waals surface area contributed by atoms with E-state index in [-0.39, 0.29) is 12.3 Å². The van der Waals surface area contributed by atoms with Crippen LogP contribution in [-0.2, 0) is 0 Å². The van der Waals surface area contributed by atoms with Gasteiger partial charge >= 0.3 is 0 Å². The van der Waals surface area contributed by atoms with Crippen LogP contribution in [0.1, 0.15) is 6.92 Å². The van der Waals surface area contributed by atoms with Gasteiger partial charge in [-0.25, -0.2) is 16.3 Å². The van der Waals surface area contributed by atoms with Gasteiger partial charge in [-0.1, -0.05) is 18.2 Å². The van der Waals surface area contributed by atoms with Gasteiger partial charge in [0.05, 0.1) is 11.9 Å². The first-order chi connectivity index (χ1) is 7.77. The summed E-state index contributed by atoms with van der Waals surface area (Å²) in [4.78, 5) is 0. The van der Waals surface area contributed by atoms with Crippen LogP contribution in [0.4, 0.5) is 5.69 Å². The van der Waals surface area contributed by atoms with Crippen molar-refractivity contribution in [3.05, 3.63) is 30.3 Å². The molecule has 2 saturated heterocycles. The Labute approximate surface area is 94.9 Å². The first kappa shape index (κ1) is 10.0. The largest absolute Gasteiger partial charge is 0.315 e. The summed E-state index contributed by atoms with van der Waals surface area (Å²) < 4.78 is 0. The van der Waals surface area contributed by atoms with Crippen LogP contribution in [0.5, 0.6) is 0 Å². The summed E-state index contributed by atoms with van der Waals surface area (Å²) in [5.74, 6) is 0.375. The van der Waals surface area contributed by atoms with Crippen molar-refractivity contribution in [1.29, 1.82) is 0 Å². The Morgan fingerprint density at radius 1 is 1.19 bits per heavy atom. The number of hydrazine groups is 2. The maximum Gasteiger partial charge on any atom is 0.114 e. The van der Waals surface area contributed by atoms with E-state index in [0.717, 1.165) is 5.69 Å². The lowest BCUT2D eigenvalue weighted by Gasteiger charge is -2.25. The summed E-state index contributed by atoms with van der Waals surface area (Å²) in [6, 6.07) is 10.6. The molecular weight excluding hydrogens is 202 g/mol. The first-order valence-electron chi connectivity index (χ1n) is 5.64. The molecule has 16 heavy (non-hydrogen) atoms. The lowest BCUT2D eigenvalue weighted by Crippen LogP contribution is -2.49. The number of rotatable bonds is 1. The molecule has 1 aromatic rings. The van der Waals surface area contributed by atoms with E-state index in [9.17, 15) is 0 Å². The number of fused-ring (bicyclic) bond motifs is 1. The first-order valence-corrected chi connectivity index (χ1v) is 5.64. The average molecular weight is 219 g/mol. The third-order valence-electron chi connectivity index (χ3n) is 3.41. The van der Waals surface area contributed by atoms with Crippen LogP contribution in [0, 0.1) is 5.92 Å². The summed E-state index contributed by atoms with van der Waals surface area (Å²) in [6.07, 6.45) is 0.216. The second kappa shape index (κ2) is 3.71. The normalized spacial score (nSPS) is 37.8. The molecule has 2 aliphatic heterocycles. The van der Waals surface area contributed by atoms with Gasteiger partial charge in [0.15, 0.2) is 0 Å². The number of hydrogen-bond acceptors (Lipinski definition) is 5. The zero-order valence-corrected chi connectivity index (χ0v) is 9.22. The molecule has 0 aromatic heterocycles. The lowest BCUT2D eigenvalue weighted by atomic mass is 9.99. The van der Waals surface area contributed by atoms with E-state index in [2.05, 4.69) is 40.3 Å². The van der Waals surface area contributed by atoms with Crippen molar-refractivity contribution in [3.63, 3.8) is 0 Å². The Hall–Kier alpha value is -1.14. The highest BCUT2D eigenvalue weighted by atomic mass is 15.7. The molecule has 5 N–H and O–H groups in total. The Balaban J connectivity index is 1.89. The highest BCUT2D eigenvalue weighted by Gasteiger charge is 2.46. The van der Waals surface area contributed by atoms with Crippen LogP contribution < -0.4 is 27.0 Å². The zero-order chi connectivity index (χ0) is 11.1. The number of hydrogen-bond donors (Lipinski definition) is 4. The molecule has 5 nitrogen and oxygen atoms in total. The van der Waals surface area contributed by atoms with Crippen LogP contribution in [0.2, 0.25) is 0 Å². The van der Waals surface area contributed by atoms with Gasteiger partial charge in [-0.2, -0.15) is 0 Å². The molecular formula is C11H17N5. The van der Waals surface area contributed by atoms with Crippen molar-refractivity contribution >= 4 is 5.69 Å². The highest BCUT2D eigenvalue weighted by Crippen LogP contribution is 2.29. The van der Waals surface area contributed by atoms with Crippen LogP contribution >= 0.6 is 0 Å². The van der Waals surface area contributed by atoms with Crippen molar-refractivity contribution in [2.45, 2.75) is 25.3 Å². The summed E-state index contributed by atoms with van der Waals surface area (Å²) in [6.45, 7) is 2.16. The Morgan fingerprint density at radius 2 is 1.94 bits per heavy atom. The average Bonchev–Trinajstić information content (AvgIpc) is 2.83. The molecule has 0 spiro atoms. The van der Waals surface area contributed by atoms with E-state index in [1.165, 1.54) is 0 Å². The fourth-order valence-electron chi connectivity index (χ4n) is 2.60.